The lowest BCUT2D eigenvalue weighted by atomic mass is 9.85. The van der Waals surface area contributed by atoms with Crippen LogP contribution in [0.25, 0.3) is 11.1 Å². The molecule has 1 amide bonds. The minimum atomic E-state index is -0.946. The third-order valence-corrected chi connectivity index (χ3v) is 6.25. The van der Waals surface area contributed by atoms with Gasteiger partial charge in [-0.05, 0) is 60.4 Å². The van der Waals surface area contributed by atoms with Gasteiger partial charge in [0.05, 0.1) is 6.04 Å². The summed E-state index contributed by atoms with van der Waals surface area (Å²) >= 11 is 0. The lowest BCUT2D eigenvalue weighted by Crippen LogP contribution is -2.49. The maximum absolute atomic E-state index is 13.4. The molecule has 0 bridgehead atoms. The van der Waals surface area contributed by atoms with Crippen LogP contribution in [0.5, 0.6) is 0 Å². The summed E-state index contributed by atoms with van der Waals surface area (Å²) in [5.41, 5.74) is 3.91. The minimum absolute atomic E-state index is 0.129. The third-order valence-electron chi connectivity index (χ3n) is 6.25. The van der Waals surface area contributed by atoms with E-state index in [0.29, 0.717) is 18.5 Å². The number of amides is 1. The molecule has 1 fully saturated rings. The maximum Gasteiger partial charge on any atom is 0.411 e. The summed E-state index contributed by atoms with van der Waals surface area (Å²) < 4.78 is 19.3. The van der Waals surface area contributed by atoms with Crippen LogP contribution in [0.3, 0.4) is 0 Å². The summed E-state index contributed by atoms with van der Waals surface area (Å²) in [5, 5.41) is 9.59. The molecule has 1 N–H and O–H groups in total. The largest absolute Gasteiger partial charge is 0.438 e. The fourth-order valence-corrected chi connectivity index (χ4v) is 4.34. The Hall–Kier alpha value is -3.25. The Morgan fingerprint density at radius 2 is 1.84 bits per heavy atom. The smallest absolute Gasteiger partial charge is 0.411 e. The number of rotatable bonds is 6. The van der Waals surface area contributed by atoms with E-state index in [-0.39, 0.29) is 24.9 Å². The molecule has 2 atom stereocenters. The number of nitrogens with zero attached hydrogens (tertiary/aromatic N) is 2. The van der Waals surface area contributed by atoms with E-state index in [1.165, 1.54) is 12.1 Å². The zero-order valence-corrected chi connectivity index (χ0v) is 18.3. The second-order valence-corrected chi connectivity index (χ2v) is 8.27. The van der Waals surface area contributed by atoms with Crippen molar-refractivity contribution in [2.24, 2.45) is 0 Å². The second-order valence-electron chi connectivity index (χ2n) is 8.27. The molecule has 3 aromatic rings. The van der Waals surface area contributed by atoms with E-state index in [0.717, 1.165) is 22.4 Å². The number of hydrogen-bond donors (Lipinski definition) is 1. The van der Waals surface area contributed by atoms with Crippen molar-refractivity contribution in [1.82, 2.24) is 9.88 Å². The lowest BCUT2D eigenvalue weighted by molar-refractivity contribution is -0.0718. The fourth-order valence-electron chi connectivity index (χ4n) is 4.34. The van der Waals surface area contributed by atoms with Gasteiger partial charge in [-0.25, -0.2) is 9.18 Å². The van der Waals surface area contributed by atoms with Crippen LogP contribution in [-0.4, -0.2) is 34.2 Å². The SMILES string of the molecule is Cc1cc(-c2ccc([C@H](C)N3CC[C@](CCO)(c4ccc(F)cc4)OC3=O)cc2)ccn1. The molecule has 1 aromatic heterocycles. The molecule has 0 spiro atoms. The van der Waals surface area contributed by atoms with Crippen molar-refractivity contribution in [3.8, 4) is 11.1 Å². The van der Waals surface area contributed by atoms with Gasteiger partial charge in [0.25, 0.3) is 0 Å². The van der Waals surface area contributed by atoms with E-state index in [4.69, 9.17) is 4.74 Å². The number of ether oxygens (including phenoxy) is 1. The van der Waals surface area contributed by atoms with E-state index >= 15 is 0 Å². The van der Waals surface area contributed by atoms with E-state index in [1.54, 1.807) is 23.2 Å². The summed E-state index contributed by atoms with van der Waals surface area (Å²) in [6, 6.07) is 17.9. The highest BCUT2D eigenvalue weighted by Gasteiger charge is 2.43. The average molecular weight is 435 g/mol. The molecule has 1 aliphatic heterocycles. The quantitative estimate of drug-likeness (QED) is 0.566. The van der Waals surface area contributed by atoms with Crippen molar-refractivity contribution in [3.63, 3.8) is 0 Å². The first-order valence-corrected chi connectivity index (χ1v) is 10.8. The first kappa shape index (κ1) is 22.0. The van der Waals surface area contributed by atoms with Crippen molar-refractivity contribution >= 4 is 6.09 Å². The van der Waals surface area contributed by atoms with Gasteiger partial charge in [-0.2, -0.15) is 0 Å². The standard InChI is InChI=1S/C26H27FN2O3/c1-18-17-22(11-14-28-18)21-5-3-20(4-6-21)19(2)29-15-12-26(13-16-30,32-25(29)31)23-7-9-24(27)10-8-23/h3-11,14,17,19,30H,12-13,15-16H2,1-2H3/t19-,26-/m0/s1. The summed E-state index contributed by atoms with van der Waals surface area (Å²) in [6.45, 7) is 4.29. The van der Waals surface area contributed by atoms with Gasteiger partial charge in [0.2, 0.25) is 0 Å². The van der Waals surface area contributed by atoms with Crippen LogP contribution in [-0.2, 0) is 10.3 Å². The molecule has 2 aromatic carbocycles. The van der Waals surface area contributed by atoms with E-state index in [2.05, 4.69) is 4.98 Å². The molecule has 1 saturated heterocycles. The summed E-state index contributed by atoms with van der Waals surface area (Å²) in [4.78, 5) is 18.9. The Labute approximate surface area is 187 Å². The van der Waals surface area contributed by atoms with Gasteiger partial charge in [0.1, 0.15) is 11.4 Å². The maximum atomic E-state index is 13.4. The van der Waals surface area contributed by atoms with Gasteiger partial charge in [0, 0.05) is 37.9 Å². The number of carbonyl (C=O) groups is 1. The third kappa shape index (κ3) is 4.36. The van der Waals surface area contributed by atoms with Crippen molar-refractivity contribution in [1.29, 1.82) is 0 Å². The molecule has 5 nitrogen and oxygen atoms in total. The normalized spacial score (nSPS) is 19.5. The van der Waals surface area contributed by atoms with Crippen LogP contribution in [0.15, 0.2) is 66.9 Å². The van der Waals surface area contributed by atoms with Gasteiger partial charge in [0.15, 0.2) is 0 Å². The number of aryl methyl sites for hydroxylation is 1. The molecule has 6 heteroatoms. The molecule has 0 saturated carbocycles. The first-order chi connectivity index (χ1) is 15.4. The van der Waals surface area contributed by atoms with Gasteiger partial charge in [-0.15, -0.1) is 0 Å². The number of hydrogen-bond acceptors (Lipinski definition) is 4. The number of pyridine rings is 1. The van der Waals surface area contributed by atoms with Crippen molar-refractivity contribution in [2.45, 2.75) is 38.3 Å². The van der Waals surface area contributed by atoms with Crippen LogP contribution in [0.2, 0.25) is 0 Å². The number of carbonyl (C=O) groups excluding carboxylic acids is 1. The van der Waals surface area contributed by atoms with Crippen LogP contribution < -0.4 is 0 Å². The molecule has 166 valence electrons. The Morgan fingerprint density at radius 1 is 1.12 bits per heavy atom. The topological polar surface area (TPSA) is 62.7 Å². The number of aliphatic hydroxyl groups is 1. The van der Waals surface area contributed by atoms with Gasteiger partial charge in [-0.3, -0.25) is 4.98 Å². The zero-order chi connectivity index (χ0) is 22.7. The van der Waals surface area contributed by atoms with E-state index in [9.17, 15) is 14.3 Å². The number of halogens is 1. The van der Waals surface area contributed by atoms with Crippen LogP contribution >= 0.6 is 0 Å². The number of aliphatic hydroxyl groups excluding tert-OH is 1. The Bertz CT molecular complexity index is 1080. The molecule has 32 heavy (non-hydrogen) atoms. The van der Waals surface area contributed by atoms with Crippen molar-refractivity contribution in [3.05, 3.63) is 89.5 Å². The van der Waals surface area contributed by atoms with Gasteiger partial charge in [-0.1, -0.05) is 36.4 Å². The van der Waals surface area contributed by atoms with Crippen molar-refractivity contribution < 1.29 is 19.0 Å². The van der Waals surface area contributed by atoms with E-state index < -0.39 is 11.7 Å². The Kier molecular flexibility index (Phi) is 6.24. The highest BCUT2D eigenvalue weighted by Crippen LogP contribution is 2.39. The summed E-state index contributed by atoms with van der Waals surface area (Å²) in [5.74, 6) is -0.351. The average Bonchev–Trinajstić information content (AvgIpc) is 2.79. The molecule has 0 unspecified atom stereocenters. The minimum Gasteiger partial charge on any atom is -0.438 e. The van der Waals surface area contributed by atoms with Crippen LogP contribution in [0, 0.1) is 12.7 Å². The number of cyclic esters (lactones) is 1. The first-order valence-electron chi connectivity index (χ1n) is 10.8. The summed E-state index contributed by atoms with van der Waals surface area (Å²) in [7, 11) is 0. The molecule has 4 rings (SSSR count). The fraction of sp³-hybridized carbons (Fsp3) is 0.308. The zero-order valence-electron chi connectivity index (χ0n) is 18.3. The highest BCUT2D eigenvalue weighted by atomic mass is 19.1. The van der Waals surface area contributed by atoms with Gasteiger partial charge < -0.3 is 14.7 Å². The Balaban J connectivity index is 1.51. The summed E-state index contributed by atoms with van der Waals surface area (Å²) in [6.07, 6.45) is 2.15. The predicted octanol–water partition coefficient (Wildman–Crippen LogP) is 5.38. The van der Waals surface area contributed by atoms with Crippen LogP contribution in [0.4, 0.5) is 9.18 Å². The second kappa shape index (κ2) is 9.09. The molecule has 0 radical (unpaired) electrons. The lowest BCUT2D eigenvalue weighted by Gasteiger charge is -2.43. The number of benzene rings is 2. The van der Waals surface area contributed by atoms with E-state index in [1.807, 2.05) is 50.2 Å². The molecule has 0 aliphatic carbocycles. The molecule has 1 aliphatic rings. The molecular weight excluding hydrogens is 407 g/mol. The van der Waals surface area contributed by atoms with Crippen molar-refractivity contribution in [2.75, 3.05) is 13.2 Å². The highest BCUT2D eigenvalue weighted by molar-refractivity contribution is 5.70. The number of aromatic nitrogens is 1. The molecule has 2 heterocycles. The Morgan fingerprint density at radius 3 is 2.47 bits per heavy atom. The predicted molar refractivity (Wildman–Crippen MR) is 120 cm³/mol. The van der Waals surface area contributed by atoms with Crippen LogP contribution in [0.1, 0.15) is 42.6 Å². The van der Waals surface area contributed by atoms with Gasteiger partial charge >= 0.3 is 6.09 Å². The molecular formula is C26H27FN2O3. The monoisotopic (exact) mass is 434 g/mol.